The van der Waals surface area contributed by atoms with E-state index in [1.165, 1.54) is 15.4 Å². The molecule has 91 valence electrons. The summed E-state index contributed by atoms with van der Waals surface area (Å²) in [4.78, 5) is 24.7. The second-order valence-electron chi connectivity index (χ2n) is 3.44. The number of aromatic nitrogens is 1. The molecule has 2 rings (SSSR count). The van der Waals surface area contributed by atoms with Crippen molar-refractivity contribution in [3.63, 3.8) is 0 Å². The van der Waals surface area contributed by atoms with Gasteiger partial charge in [-0.05, 0) is 0 Å². The number of carbonyl (C=O) groups is 2. The van der Waals surface area contributed by atoms with Gasteiger partial charge in [0.25, 0.3) is 0 Å². The van der Waals surface area contributed by atoms with Crippen LogP contribution in [0.1, 0.15) is 20.7 Å². The maximum atomic E-state index is 10.3. The summed E-state index contributed by atoms with van der Waals surface area (Å²) in [5.74, 6) is -3.04. The van der Waals surface area contributed by atoms with Crippen LogP contribution in [0.3, 0.4) is 0 Å². The predicted octanol–water partition coefficient (Wildman–Crippen LogP) is -1.33. The first-order chi connectivity index (χ1) is 9.02. The minimum atomic E-state index is -1.52. The van der Waals surface area contributed by atoms with E-state index >= 15 is 0 Å². The Morgan fingerprint density at radius 1 is 0.895 bits per heavy atom. The van der Waals surface area contributed by atoms with E-state index in [1.54, 1.807) is 0 Å². The van der Waals surface area contributed by atoms with Gasteiger partial charge in [-0.1, -0.05) is 24.3 Å². The number of carbonyl (C=O) groups excluding carboxylic acids is 2. The molecule has 2 aromatic rings. The summed E-state index contributed by atoms with van der Waals surface area (Å²) < 4.78 is 1.24. The summed E-state index contributed by atoms with van der Waals surface area (Å²) >= 11 is 0.859. The molecule has 0 aliphatic rings. The molecule has 1 aromatic carbocycles. The Hall–Kier alpha value is -1.77. The number of hydrogen-bond donors (Lipinski definition) is 0. The Bertz CT molecular complexity index is 539. The molecule has 6 heteroatoms. The molecule has 0 saturated carbocycles. The maximum absolute atomic E-state index is 10.3. The third kappa shape index (κ3) is 5.16. The van der Waals surface area contributed by atoms with Gasteiger partial charge in [0, 0.05) is 11.1 Å². The Balaban J connectivity index is 0.000000218. The fraction of sp³-hybridized carbons (Fsp3) is 0. The molecule has 0 bridgehead atoms. The predicted molar refractivity (Wildman–Crippen MR) is 59.0 cm³/mol. The average molecular weight is 355 g/mol. The second-order valence-corrected chi connectivity index (χ2v) is 5.51. The van der Waals surface area contributed by atoms with Crippen LogP contribution in [0.2, 0.25) is 0 Å². The molecule has 0 fully saturated rings. The first kappa shape index (κ1) is 15.3. The molecule has 19 heavy (non-hydrogen) atoms. The van der Waals surface area contributed by atoms with Crippen molar-refractivity contribution in [3.8, 4) is 0 Å². The van der Waals surface area contributed by atoms with Crippen molar-refractivity contribution >= 4 is 15.2 Å². The fourth-order valence-electron chi connectivity index (χ4n) is 1.24. The van der Waals surface area contributed by atoms with Crippen molar-refractivity contribution in [2.75, 3.05) is 0 Å². The zero-order valence-electron chi connectivity index (χ0n) is 9.91. The van der Waals surface area contributed by atoms with E-state index in [1.807, 2.05) is 24.4 Å². The number of hydrogen-bond acceptors (Lipinski definition) is 5. The molecule has 0 atom stereocenters. The normalized spacial score (nSPS) is 9.16. The third-order valence-electron chi connectivity index (χ3n) is 2.09. The number of nitrogens with zero attached hydrogens (tertiary/aromatic N) is 1. The van der Waals surface area contributed by atoms with Crippen LogP contribution in [0.25, 0.3) is 0 Å². The number of carboxylic acid groups (broad SMARTS) is 2. The van der Waals surface area contributed by atoms with Gasteiger partial charge in [-0.25, -0.2) is 0 Å². The van der Waals surface area contributed by atoms with Crippen molar-refractivity contribution in [2.45, 2.75) is 0 Å². The molecule has 5 nitrogen and oxygen atoms in total. The molecule has 1 heterocycles. The molecule has 0 amide bonds. The van der Waals surface area contributed by atoms with E-state index in [0.29, 0.717) is 0 Å². The molecule has 0 N–H and O–H groups in total. The Labute approximate surface area is 125 Å². The van der Waals surface area contributed by atoms with Crippen LogP contribution < -0.4 is 13.5 Å². The van der Waals surface area contributed by atoms with E-state index in [9.17, 15) is 19.8 Å². The van der Waals surface area contributed by atoms with Crippen molar-refractivity contribution < 1.29 is 45.6 Å². The molecule has 0 aliphatic heterocycles. The van der Waals surface area contributed by atoms with Crippen LogP contribution in [0.5, 0.6) is 0 Å². The Morgan fingerprint density at radius 2 is 1.37 bits per heavy atom. The molecule has 0 spiro atoms. The number of rotatable bonds is 2. The van der Waals surface area contributed by atoms with E-state index < -0.39 is 11.9 Å². The van der Waals surface area contributed by atoms with Gasteiger partial charge in [0.05, 0.1) is 11.9 Å². The van der Waals surface area contributed by atoms with E-state index in [2.05, 4.69) is 4.98 Å². The van der Waals surface area contributed by atoms with Gasteiger partial charge in [0.15, 0.2) is 0 Å². The molecular weight excluding hydrogens is 347 g/mol. The molecule has 0 unspecified atom stereocenters. The molecule has 0 saturated heterocycles. The van der Waals surface area contributed by atoms with E-state index in [-0.39, 0.29) is 11.1 Å². The zero-order valence-corrected chi connectivity index (χ0v) is 13.9. The van der Waals surface area contributed by atoms with Crippen LogP contribution in [-0.2, 0) is 25.8 Å². The van der Waals surface area contributed by atoms with Gasteiger partial charge in [0.1, 0.15) is 0 Å². The number of benzene rings is 1. The summed E-state index contributed by atoms with van der Waals surface area (Å²) in [5.41, 5.74) is -0.727. The monoisotopic (exact) mass is 356 g/mol. The molecule has 0 aliphatic carbocycles. The first-order valence-electron chi connectivity index (χ1n) is 5.27. The summed E-state index contributed by atoms with van der Waals surface area (Å²) in [6, 6.07) is 11.1. The summed E-state index contributed by atoms with van der Waals surface area (Å²) in [6.45, 7) is 0. The van der Waals surface area contributed by atoms with Crippen molar-refractivity contribution in [3.05, 3.63) is 59.8 Å². The second kappa shape index (κ2) is 7.62. The van der Waals surface area contributed by atoms with Crippen LogP contribution in [-0.4, -0.2) is 16.9 Å². The number of pyridine rings is 1. The summed E-state index contributed by atoms with van der Waals surface area (Å²) in [5, 5.41) is 20.6. The Kier molecular flexibility index (Phi) is 6.13. The SMILES string of the molecule is O=C([O-])c1ccccc1C(=O)[O-].[Cd+2][c]1ccccn1. The Morgan fingerprint density at radius 3 is 1.63 bits per heavy atom. The summed E-state index contributed by atoms with van der Waals surface area (Å²) in [6.07, 6.45) is 1.83. The van der Waals surface area contributed by atoms with Crippen molar-refractivity contribution in [1.82, 2.24) is 4.98 Å². The fourth-order valence-corrected chi connectivity index (χ4v) is 1.93. The van der Waals surface area contributed by atoms with Crippen LogP contribution >= 0.6 is 0 Å². The number of aromatic carboxylic acids is 2. The molecular formula is C13H8CdNO4. The summed E-state index contributed by atoms with van der Waals surface area (Å²) in [7, 11) is 0. The quantitative estimate of drug-likeness (QED) is 0.623. The standard InChI is InChI=1S/C8H6O4.C5H4N.Cd/c9-7(10)5-3-1-2-4-6(5)8(11)12;1-2-4-6-5-3-1;/h1-4H,(H,9,10)(H,11,12);1-4H;/q;;+2/p-2. The van der Waals surface area contributed by atoms with Crippen molar-refractivity contribution in [2.24, 2.45) is 0 Å². The zero-order chi connectivity index (χ0) is 14.3. The molecule has 0 radical (unpaired) electrons. The van der Waals surface area contributed by atoms with Gasteiger partial charge in [-0.15, -0.1) is 0 Å². The number of carboxylic acids is 2. The van der Waals surface area contributed by atoms with Gasteiger partial charge < -0.3 is 19.8 Å². The topological polar surface area (TPSA) is 93.1 Å². The van der Waals surface area contributed by atoms with Gasteiger partial charge in [-0.3, -0.25) is 0 Å². The van der Waals surface area contributed by atoms with Crippen molar-refractivity contribution in [1.29, 1.82) is 0 Å². The van der Waals surface area contributed by atoms with Crippen LogP contribution in [0.15, 0.2) is 48.7 Å². The van der Waals surface area contributed by atoms with Crippen LogP contribution in [0, 0.1) is 0 Å². The molecule has 1 aromatic heterocycles. The van der Waals surface area contributed by atoms with E-state index in [4.69, 9.17) is 0 Å². The van der Waals surface area contributed by atoms with Crippen LogP contribution in [0.4, 0.5) is 0 Å². The minimum absolute atomic E-state index is 0.363. The average Bonchev–Trinajstić information content (AvgIpc) is 2.40. The third-order valence-corrected chi connectivity index (χ3v) is 3.29. The van der Waals surface area contributed by atoms with E-state index in [0.717, 1.165) is 37.9 Å². The van der Waals surface area contributed by atoms with Gasteiger partial charge >= 0.3 is 58.4 Å². The first-order valence-corrected chi connectivity index (χ1v) is 7.29. The van der Waals surface area contributed by atoms with Gasteiger partial charge in [-0.2, -0.15) is 0 Å². The van der Waals surface area contributed by atoms with Gasteiger partial charge in [0.2, 0.25) is 0 Å².